The third kappa shape index (κ3) is 3.72. The molecule has 0 aliphatic heterocycles. The maximum Gasteiger partial charge on any atom is 0.252 e. The molecule has 0 radical (unpaired) electrons. The van der Waals surface area contributed by atoms with Crippen LogP contribution in [0.3, 0.4) is 0 Å². The van der Waals surface area contributed by atoms with E-state index >= 15 is 0 Å². The number of nitrogens with two attached hydrogens (primary N) is 1. The first kappa shape index (κ1) is 14.8. The number of ether oxygens (including phenoxy) is 2. The molecule has 110 valence electrons. The molecular formula is C16H18N2O3. The van der Waals surface area contributed by atoms with Crippen molar-refractivity contribution in [3.63, 3.8) is 0 Å². The molecule has 21 heavy (non-hydrogen) atoms. The van der Waals surface area contributed by atoms with Gasteiger partial charge >= 0.3 is 0 Å². The summed E-state index contributed by atoms with van der Waals surface area (Å²) in [7, 11) is 1.53. The van der Waals surface area contributed by atoms with Crippen LogP contribution in [-0.2, 0) is 6.61 Å². The van der Waals surface area contributed by atoms with Crippen LogP contribution in [0, 0.1) is 13.8 Å². The zero-order valence-corrected chi connectivity index (χ0v) is 12.3. The molecule has 0 aliphatic rings. The molecule has 1 heterocycles. The Bertz CT molecular complexity index is 648. The summed E-state index contributed by atoms with van der Waals surface area (Å²) in [6.45, 7) is 4.20. The smallest absolute Gasteiger partial charge is 0.252 e. The highest BCUT2D eigenvalue weighted by molar-refractivity contribution is 5.96. The summed E-state index contributed by atoms with van der Waals surface area (Å²) < 4.78 is 10.8. The quantitative estimate of drug-likeness (QED) is 0.915. The molecule has 0 unspecified atom stereocenters. The van der Waals surface area contributed by atoms with Crippen molar-refractivity contribution in [2.75, 3.05) is 7.11 Å². The fourth-order valence-corrected chi connectivity index (χ4v) is 2.11. The second kappa shape index (κ2) is 6.26. The van der Waals surface area contributed by atoms with Crippen molar-refractivity contribution < 1.29 is 14.3 Å². The van der Waals surface area contributed by atoms with Crippen LogP contribution >= 0.6 is 0 Å². The van der Waals surface area contributed by atoms with Gasteiger partial charge in [-0.2, -0.15) is 0 Å². The van der Waals surface area contributed by atoms with E-state index in [0.717, 1.165) is 17.0 Å². The minimum absolute atomic E-state index is 0.273. The number of nitrogens with zero attached hydrogens (tertiary/aromatic N) is 1. The summed E-state index contributed by atoms with van der Waals surface area (Å²) in [4.78, 5) is 15.9. The van der Waals surface area contributed by atoms with Gasteiger partial charge in [-0.05, 0) is 49.7 Å². The van der Waals surface area contributed by atoms with Gasteiger partial charge in [0.15, 0.2) is 0 Å². The Labute approximate surface area is 123 Å². The van der Waals surface area contributed by atoms with Crippen LogP contribution in [0.15, 0.2) is 30.3 Å². The summed E-state index contributed by atoms with van der Waals surface area (Å²) in [6.07, 6.45) is 0. The van der Waals surface area contributed by atoms with Gasteiger partial charge in [0.1, 0.15) is 18.1 Å². The zero-order valence-electron chi connectivity index (χ0n) is 12.3. The number of rotatable bonds is 5. The third-order valence-electron chi connectivity index (χ3n) is 2.98. The van der Waals surface area contributed by atoms with E-state index in [-0.39, 0.29) is 6.61 Å². The van der Waals surface area contributed by atoms with E-state index < -0.39 is 5.91 Å². The number of methoxy groups -OCH3 is 1. The highest BCUT2D eigenvalue weighted by Gasteiger charge is 2.11. The van der Waals surface area contributed by atoms with Crippen LogP contribution in [0.25, 0.3) is 0 Å². The van der Waals surface area contributed by atoms with Gasteiger partial charge in [-0.15, -0.1) is 0 Å². The summed E-state index contributed by atoms with van der Waals surface area (Å²) in [5, 5.41) is 0. The van der Waals surface area contributed by atoms with Crippen molar-refractivity contribution in [2.24, 2.45) is 5.73 Å². The maximum absolute atomic E-state index is 11.5. The van der Waals surface area contributed by atoms with Crippen LogP contribution in [0.5, 0.6) is 11.5 Å². The van der Waals surface area contributed by atoms with E-state index in [1.165, 1.54) is 7.11 Å². The van der Waals surface area contributed by atoms with Crippen molar-refractivity contribution in [3.8, 4) is 11.5 Å². The Morgan fingerprint density at radius 2 is 2.00 bits per heavy atom. The molecule has 0 aliphatic carbocycles. The highest BCUT2D eigenvalue weighted by atomic mass is 16.5. The van der Waals surface area contributed by atoms with E-state index in [0.29, 0.717) is 17.1 Å². The average molecular weight is 286 g/mol. The van der Waals surface area contributed by atoms with Gasteiger partial charge in [-0.25, -0.2) is 0 Å². The van der Waals surface area contributed by atoms with E-state index in [1.807, 2.05) is 26.0 Å². The minimum atomic E-state index is -0.558. The number of carbonyl (C=O) groups excluding carboxylic acids is 1. The number of aromatic nitrogens is 1. The second-order valence-electron chi connectivity index (χ2n) is 4.79. The van der Waals surface area contributed by atoms with E-state index in [9.17, 15) is 4.79 Å². The molecule has 2 aromatic rings. The Balaban J connectivity index is 2.21. The summed E-state index contributed by atoms with van der Waals surface area (Å²) >= 11 is 0. The minimum Gasteiger partial charge on any atom is -0.497 e. The monoisotopic (exact) mass is 286 g/mol. The predicted molar refractivity (Wildman–Crippen MR) is 79.6 cm³/mol. The highest BCUT2D eigenvalue weighted by Crippen LogP contribution is 2.24. The standard InChI is InChI=1S/C16H18N2O3/c1-10-6-11(2)18-12(7-10)9-21-15-5-4-13(20-3)8-14(15)16(17)19/h4-8H,9H2,1-3H3,(H2,17,19). The van der Waals surface area contributed by atoms with Gasteiger partial charge in [-0.1, -0.05) is 0 Å². The zero-order chi connectivity index (χ0) is 15.4. The lowest BCUT2D eigenvalue weighted by molar-refractivity contribution is 0.0995. The van der Waals surface area contributed by atoms with E-state index in [4.69, 9.17) is 15.2 Å². The van der Waals surface area contributed by atoms with E-state index in [2.05, 4.69) is 4.98 Å². The first-order valence-electron chi connectivity index (χ1n) is 6.54. The molecule has 5 nitrogen and oxygen atoms in total. The number of amides is 1. The lowest BCUT2D eigenvalue weighted by Crippen LogP contribution is -2.13. The van der Waals surface area contributed by atoms with Crippen LogP contribution < -0.4 is 15.2 Å². The average Bonchev–Trinajstić information content (AvgIpc) is 2.43. The van der Waals surface area contributed by atoms with Crippen molar-refractivity contribution in [1.82, 2.24) is 4.98 Å². The molecule has 0 bridgehead atoms. The van der Waals surface area contributed by atoms with Crippen molar-refractivity contribution in [1.29, 1.82) is 0 Å². The summed E-state index contributed by atoms with van der Waals surface area (Å²) in [6, 6.07) is 8.89. The Morgan fingerprint density at radius 1 is 1.24 bits per heavy atom. The number of carbonyl (C=O) groups is 1. The number of hydrogen-bond acceptors (Lipinski definition) is 4. The van der Waals surface area contributed by atoms with Crippen LogP contribution in [0.1, 0.15) is 27.3 Å². The lowest BCUT2D eigenvalue weighted by Gasteiger charge is -2.11. The number of pyridine rings is 1. The Morgan fingerprint density at radius 3 is 2.62 bits per heavy atom. The van der Waals surface area contributed by atoms with Crippen molar-refractivity contribution in [3.05, 3.63) is 52.8 Å². The molecule has 1 aromatic heterocycles. The van der Waals surface area contributed by atoms with Gasteiger partial charge < -0.3 is 15.2 Å². The van der Waals surface area contributed by atoms with Crippen LogP contribution in [0.4, 0.5) is 0 Å². The molecule has 2 rings (SSSR count). The maximum atomic E-state index is 11.5. The Hall–Kier alpha value is -2.56. The number of hydrogen-bond donors (Lipinski definition) is 1. The van der Waals surface area contributed by atoms with Crippen LogP contribution in [0.2, 0.25) is 0 Å². The molecule has 2 N–H and O–H groups in total. The first-order valence-corrected chi connectivity index (χ1v) is 6.54. The largest absolute Gasteiger partial charge is 0.497 e. The number of benzene rings is 1. The number of primary amides is 1. The molecule has 0 saturated carbocycles. The second-order valence-corrected chi connectivity index (χ2v) is 4.79. The third-order valence-corrected chi connectivity index (χ3v) is 2.98. The molecule has 0 atom stereocenters. The van der Waals surface area contributed by atoms with Gasteiger partial charge in [-0.3, -0.25) is 9.78 Å². The molecular weight excluding hydrogens is 268 g/mol. The molecule has 0 spiro atoms. The van der Waals surface area contributed by atoms with Gasteiger partial charge in [0, 0.05) is 5.69 Å². The first-order chi connectivity index (χ1) is 9.99. The molecule has 0 saturated heterocycles. The lowest BCUT2D eigenvalue weighted by atomic mass is 10.2. The summed E-state index contributed by atoms with van der Waals surface area (Å²) in [5.41, 5.74) is 8.51. The molecule has 5 heteroatoms. The summed E-state index contributed by atoms with van der Waals surface area (Å²) in [5.74, 6) is 0.419. The molecule has 1 amide bonds. The van der Waals surface area contributed by atoms with Crippen LogP contribution in [-0.4, -0.2) is 18.0 Å². The molecule has 1 aromatic carbocycles. The van der Waals surface area contributed by atoms with Crippen molar-refractivity contribution in [2.45, 2.75) is 20.5 Å². The van der Waals surface area contributed by atoms with E-state index in [1.54, 1.807) is 18.2 Å². The van der Waals surface area contributed by atoms with Crippen molar-refractivity contribution >= 4 is 5.91 Å². The topological polar surface area (TPSA) is 74.4 Å². The van der Waals surface area contributed by atoms with Gasteiger partial charge in [0.05, 0.1) is 18.4 Å². The SMILES string of the molecule is COc1ccc(OCc2cc(C)cc(C)n2)c(C(N)=O)c1. The normalized spacial score (nSPS) is 10.2. The van der Waals surface area contributed by atoms with Gasteiger partial charge in [0.25, 0.3) is 5.91 Å². The van der Waals surface area contributed by atoms with Gasteiger partial charge in [0.2, 0.25) is 0 Å². The predicted octanol–water partition coefficient (Wildman–Crippen LogP) is 2.38. The molecule has 0 fully saturated rings. The fraction of sp³-hybridized carbons (Fsp3) is 0.250. The fourth-order valence-electron chi connectivity index (χ4n) is 2.11. The Kier molecular flexibility index (Phi) is 4.42. The number of aryl methyl sites for hydroxylation is 2.